The van der Waals surface area contributed by atoms with Gasteiger partial charge in [0.1, 0.15) is 5.01 Å². The van der Waals surface area contributed by atoms with E-state index in [0.29, 0.717) is 5.02 Å². The van der Waals surface area contributed by atoms with Crippen molar-refractivity contribution >= 4 is 38.9 Å². The Morgan fingerprint density at radius 1 is 1.47 bits per heavy atom. The van der Waals surface area contributed by atoms with Crippen molar-refractivity contribution in [2.45, 2.75) is 13.5 Å². The maximum Gasteiger partial charge on any atom is 0.123 e. The standard InChI is InChI=1S/C12H12BrClN2S/c1-2-15-6-9-7-16-12(17-9)8-3-4-10(13)11(14)5-8/h3-5,7,15H,2,6H2,1H3. The second-order valence-electron chi connectivity index (χ2n) is 3.54. The first-order chi connectivity index (χ1) is 8.20. The van der Waals surface area contributed by atoms with E-state index in [1.807, 2.05) is 24.4 Å². The van der Waals surface area contributed by atoms with Crippen LogP contribution in [-0.2, 0) is 6.54 Å². The SMILES string of the molecule is CCNCc1cnc(-c2ccc(Br)c(Cl)c2)s1. The third kappa shape index (κ3) is 3.28. The molecule has 1 aromatic carbocycles. The van der Waals surface area contributed by atoms with E-state index >= 15 is 0 Å². The van der Waals surface area contributed by atoms with Gasteiger partial charge in [-0.15, -0.1) is 11.3 Å². The van der Waals surface area contributed by atoms with Crippen LogP contribution < -0.4 is 5.32 Å². The first-order valence-electron chi connectivity index (χ1n) is 5.31. The molecule has 90 valence electrons. The summed E-state index contributed by atoms with van der Waals surface area (Å²) in [6, 6.07) is 5.90. The van der Waals surface area contributed by atoms with Crippen LogP contribution >= 0.6 is 38.9 Å². The zero-order valence-electron chi connectivity index (χ0n) is 9.34. The third-order valence-electron chi connectivity index (χ3n) is 2.27. The Labute approximate surface area is 118 Å². The Bertz CT molecular complexity index is 513. The van der Waals surface area contributed by atoms with Gasteiger partial charge in [0.2, 0.25) is 0 Å². The molecule has 0 saturated heterocycles. The Hall–Kier alpha value is -0.420. The fourth-order valence-electron chi connectivity index (χ4n) is 1.40. The number of thiazole rings is 1. The van der Waals surface area contributed by atoms with Gasteiger partial charge >= 0.3 is 0 Å². The molecule has 0 saturated carbocycles. The van der Waals surface area contributed by atoms with Crippen LogP contribution in [0.3, 0.4) is 0 Å². The first-order valence-corrected chi connectivity index (χ1v) is 7.30. The monoisotopic (exact) mass is 330 g/mol. The van der Waals surface area contributed by atoms with Crippen molar-refractivity contribution in [2.75, 3.05) is 6.54 Å². The van der Waals surface area contributed by atoms with E-state index in [0.717, 1.165) is 28.1 Å². The summed E-state index contributed by atoms with van der Waals surface area (Å²) >= 11 is 11.1. The summed E-state index contributed by atoms with van der Waals surface area (Å²) < 4.78 is 0.910. The quantitative estimate of drug-likeness (QED) is 0.901. The maximum absolute atomic E-state index is 6.07. The van der Waals surface area contributed by atoms with Crippen molar-refractivity contribution in [2.24, 2.45) is 0 Å². The van der Waals surface area contributed by atoms with Gasteiger partial charge in [0.25, 0.3) is 0 Å². The lowest BCUT2D eigenvalue weighted by atomic mass is 10.2. The number of nitrogens with zero attached hydrogens (tertiary/aromatic N) is 1. The number of rotatable bonds is 4. The van der Waals surface area contributed by atoms with Gasteiger partial charge < -0.3 is 5.32 Å². The third-order valence-corrected chi connectivity index (χ3v) is 4.55. The molecule has 0 amide bonds. The van der Waals surface area contributed by atoms with Crippen LogP contribution in [0.15, 0.2) is 28.9 Å². The van der Waals surface area contributed by atoms with E-state index in [1.165, 1.54) is 4.88 Å². The summed E-state index contributed by atoms with van der Waals surface area (Å²) in [6.07, 6.45) is 1.92. The number of hydrogen-bond acceptors (Lipinski definition) is 3. The minimum atomic E-state index is 0.714. The molecule has 0 spiro atoms. The smallest absolute Gasteiger partial charge is 0.123 e. The molecule has 5 heteroatoms. The average molecular weight is 332 g/mol. The summed E-state index contributed by atoms with van der Waals surface area (Å²) in [5, 5.41) is 5.01. The molecule has 2 nitrogen and oxygen atoms in total. The Morgan fingerprint density at radius 3 is 3.00 bits per heavy atom. The lowest BCUT2D eigenvalue weighted by Crippen LogP contribution is -2.10. The Balaban J connectivity index is 2.21. The van der Waals surface area contributed by atoms with Crippen LogP contribution in [0.1, 0.15) is 11.8 Å². The maximum atomic E-state index is 6.07. The largest absolute Gasteiger partial charge is 0.312 e. The number of aromatic nitrogens is 1. The summed E-state index contributed by atoms with van der Waals surface area (Å²) in [4.78, 5) is 5.65. The Morgan fingerprint density at radius 2 is 2.29 bits per heavy atom. The molecule has 2 aromatic rings. The zero-order chi connectivity index (χ0) is 12.3. The van der Waals surface area contributed by atoms with Crippen LogP contribution in [0.25, 0.3) is 10.6 Å². The number of benzene rings is 1. The summed E-state index contributed by atoms with van der Waals surface area (Å²) in [5.41, 5.74) is 1.06. The molecule has 2 rings (SSSR count). The molecular formula is C12H12BrClN2S. The lowest BCUT2D eigenvalue weighted by molar-refractivity contribution is 0.734. The van der Waals surface area contributed by atoms with E-state index in [4.69, 9.17) is 11.6 Å². The molecule has 0 bridgehead atoms. The Kier molecular flexibility index (Phi) is 4.56. The van der Waals surface area contributed by atoms with Gasteiger partial charge in [-0.05, 0) is 34.6 Å². The van der Waals surface area contributed by atoms with Crippen molar-refractivity contribution in [1.82, 2.24) is 10.3 Å². The van der Waals surface area contributed by atoms with Gasteiger partial charge in [0.05, 0.1) is 5.02 Å². The molecule has 0 unspecified atom stereocenters. The van der Waals surface area contributed by atoms with Crippen molar-refractivity contribution in [1.29, 1.82) is 0 Å². The normalized spacial score (nSPS) is 10.8. The predicted molar refractivity (Wildman–Crippen MR) is 77.6 cm³/mol. The highest BCUT2D eigenvalue weighted by Crippen LogP contribution is 2.31. The van der Waals surface area contributed by atoms with Gasteiger partial charge in [-0.3, -0.25) is 0 Å². The van der Waals surface area contributed by atoms with E-state index in [-0.39, 0.29) is 0 Å². The summed E-state index contributed by atoms with van der Waals surface area (Å²) in [5.74, 6) is 0. The second-order valence-corrected chi connectivity index (χ2v) is 5.92. The van der Waals surface area contributed by atoms with Crippen molar-refractivity contribution in [3.63, 3.8) is 0 Å². The zero-order valence-corrected chi connectivity index (χ0v) is 12.5. The van der Waals surface area contributed by atoms with Crippen LogP contribution in [0.4, 0.5) is 0 Å². The average Bonchev–Trinajstić information content (AvgIpc) is 2.79. The van der Waals surface area contributed by atoms with Crippen LogP contribution in [0, 0.1) is 0 Å². The van der Waals surface area contributed by atoms with Gasteiger partial charge in [-0.1, -0.05) is 24.6 Å². The fourth-order valence-corrected chi connectivity index (χ4v) is 2.71. The van der Waals surface area contributed by atoms with E-state index in [1.54, 1.807) is 11.3 Å². The van der Waals surface area contributed by atoms with Gasteiger partial charge in [-0.25, -0.2) is 4.98 Å². The molecule has 1 N–H and O–H groups in total. The number of nitrogens with one attached hydrogen (secondary N) is 1. The van der Waals surface area contributed by atoms with Crippen LogP contribution in [-0.4, -0.2) is 11.5 Å². The topological polar surface area (TPSA) is 24.9 Å². The molecule has 17 heavy (non-hydrogen) atoms. The molecule has 0 aliphatic carbocycles. The molecule has 0 aliphatic rings. The van der Waals surface area contributed by atoms with Crippen LogP contribution in [0.5, 0.6) is 0 Å². The number of halogens is 2. The second kappa shape index (κ2) is 5.96. The molecular weight excluding hydrogens is 320 g/mol. The molecule has 1 aromatic heterocycles. The summed E-state index contributed by atoms with van der Waals surface area (Å²) in [7, 11) is 0. The first kappa shape index (κ1) is 13.0. The van der Waals surface area contributed by atoms with E-state index < -0.39 is 0 Å². The van der Waals surface area contributed by atoms with Gasteiger partial charge in [0.15, 0.2) is 0 Å². The molecule has 0 radical (unpaired) electrons. The number of hydrogen-bond donors (Lipinski definition) is 1. The van der Waals surface area contributed by atoms with Crippen molar-refractivity contribution in [3.05, 3.63) is 38.8 Å². The minimum absolute atomic E-state index is 0.714. The highest BCUT2D eigenvalue weighted by Gasteiger charge is 2.06. The molecule has 0 atom stereocenters. The van der Waals surface area contributed by atoms with Crippen LogP contribution in [0.2, 0.25) is 5.02 Å². The molecule has 0 aliphatic heterocycles. The highest BCUT2D eigenvalue weighted by atomic mass is 79.9. The minimum Gasteiger partial charge on any atom is -0.312 e. The summed E-state index contributed by atoms with van der Waals surface area (Å²) in [6.45, 7) is 3.94. The lowest BCUT2D eigenvalue weighted by Gasteiger charge is -1.99. The van der Waals surface area contributed by atoms with Crippen molar-refractivity contribution < 1.29 is 0 Å². The molecule has 1 heterocycles. The van der Waals surface area contributed by atoms with E-state index in [2.05, 4.69) is 33.2 Å². The fraction of sp³-hybridized carbons (Fsp3) is 0.250. The van der Waals surface area contributed by atoms with Gasteiger partial charge in [0, 0.05) is 27.7 Å². The predicted octanol–water partition coefficient (Wildman–Crippen LogP) is 4.34. The highest BCUT2D eigenvalue weighted by molar-refractivity contribution is 9.10. The van der Waals surface area contributed by atoms with Crippen molar-refractivity contribution in [3.8, 4) is 10.6 Å². The van der Waals surface area contributed by atoms with E-state index in [9.17, 15) is 0 Å². The molecule has 0 fully saturated rings. The van der Waals surface area contributed by atoms with Gasteiger partial charge in [-0.2, -0.15) is 0 Å².